The summed E-state index contributed by atoms with van der Waals surface area (Å²) in [4.78, 5) is 8.65. The second-order valence-electron chi connectivity index (χ2n) is 12.7. The van der Waals surface area contributed by atoms with Crippen molar-refractivity contribution in [1.29, 1.82) is 0 Å². The van der Waals surface area contributed by atoms with Crippen LogP contribution in [0.15, 0.2) is 133 Å². The molecule has 0 aliphatic heterocycles. The molecule has 0 bridgehead atoms. The van der Waals surface area contributed by atoms with Gasteiger partial charge in [0.05, 0.1) is 22.6 Å². The summed E-state index contributed by atoms with van der Waals surface area (Å²) in [5, 5.41) is 2.49. The van der Waals surface area contributed by atoms with E-state index in [4.69, 9.17) is 4.98 Å². The minimum absolute atomic E-state index is 0.315. The Hall–Kier alpha value is -5.48. The lowest BCUT2D eigenvalue weighted by molar-refractivity contribution is -0.680. The Morgan fingerprint density at radius 1 is 0.609 bits per heavy atom. The Balaban J connectivity index is 1.11. The largest absolute Gasteiger partial charge is 0.321 e. The maximum Gasteiger partial charge on any atom is 0.287 e. The van der Waals surface area contributed by atoms with Crippen LogP contribution in [-0.2, 0) is 0 Å². The van der Waals surface area contributed by atoms with Gasteiger partial charge in [-0.15, -0.1) is 0 Å². The summed E-state index contributed by atoms with van der Waals surface area (Å²) in [5.41, 5.74) is 11.8. The number of H-pyrrole nitrogens is 1. The highest BCUT2D eigenvalue weighted by Gasteiger charge is 2.22. The molecule has 0 atom stereocenters. The van der Waals surface area contributed by atoms with Crippen LogP contribution in [0.5, 0.6) is 0 Å². The predicted molar refractivity (Wildman–Crippen MR) is 192 cm³/mol. The molecule has 46 heavy (non-hydrogen) atoms. The van der Waals surface area contributed by atoms with Crippen molar-refractivity contribution in [3.05, 3.63) is 133 Å². The first-order valence-corrected chi connectivity index (χ1v) is 16.2. The molecular formula is C42H37N4+. The molecule has 0 amide bonds. The van der Waals surface area contributed by atoms with Gasteiger partial charge in [0, 0.05) is 11.6 Å². The van der Waals surface area contributed by atoms with Crippen LogP contribution >= 0.6 is 0 Å². The van der Waals surface area contributed by atoms with Crippen LogP contribution in [0.25, 0.3) is 77.9 Å². The molecule has 0 saturated heterocycles. The van der Waals surface area contributed by atoms with E-state index in [1.54, 1.807) is 0 Å². The Labute approximate surface area is 269 Å². The van der Waals surface area contributed by atoms with Crippen molar-refractivity contribution in [2.24, 2.45) is 0 Å². The monoisotopic (exact) mass is 597 g/mol. The molecule has 8 rings (SSSR count). The highest BCUT2D eigenvalue weighted by molar-refractivity contribution is 5.99. The van der Waals surface area contributed by atoms with Crippen molar-refractivity contribution in [2.45, 2.75) is 39.8 Å². The number of hydrogen-bond donors (Lipinski definition) is 1. The lowest BCUT2D eigenvalue weighted by Crippen LogP contribution is -2.37. The zero-order valence-electron chi connectivity index (χ0n) is 26.7. The fraction of sp³-hybridized carbons (Fsp3) is 0.143. The summed E-state index contributed by atoms with van der Waals surface area (Å²) in [5.74, 6) is 2.15. The van der Waals surface area contributed by atoms with E-state index in [-0.39, 0.29) is 0 Å². The van der Waals surface area contributed by atoms with Gasteiger partial charge in [-0.3, -0.25) is 0 Å². The number of hydrogen-bond acceptors (Lipinski definition) is 1. The number of para-hydroxylation sites is 4. The summed E-state index contributed by atoms with van der Waals surface area (Å²) in [6.07, 6.45) is 0. The zero-order chi connectivity index (χ0) is 31.4. The number of nitrogens with zero attached hydrogens (tertiary/aromatic N) is 3. The van der Waals surface area contributed by atoms with Gasteiger partial charge >= 0.3 is 0 Å². The van der Waals surface area contributed by atoms with Crippen molar-refractivity contribution < 1.29 is 4.57 Å². The van der Waals surface area contributed by atoms with Crippen molar-refractivity contribution >= 4 is 32.8 Å². The molecule has 4 nitrogen and oxygen atoms in total. The van der Waals surface area contributed by atoms with Gasteiger partial charge in [0.25, 0.3) is 5.82 Å². The molecule has 2 heterocycles. The molecule has 4 heteroatoms. The molecule has 0 saturated carbocycles. The van der Waals surface area contributed by atoms with Gasteiger partial charge < -0.3 is 4.57 Å². The summed E-state index contributed by atoms with van der Waals surface area (Å²) < 4.78 is 4.72. The molecule has 0 aliphatic carbocycles. The average Bonchev–Trinajstić information content (AvgIpc) is 3.68. The van der Waals surface area contributed by atoms with Crippen LogP contribution < -0.4 is 4.57 Å². The molecule has 0 spiro atoms. The van der Waals surface area contributed by atoms with Crippen molar-refractivity contribution in [1.82, 2.24) is 14.5 Å². The topological polar surface area (TPSA) is 37.5 Å². The molecule has 0 unspecified atom stereocenters. The highest BCUT2D eigenvalue weighted by atomic mass is 15.1. The predicted octanol–water partition coefficient (Wildman–Crippen LogP) is 10.8. The van der Waals surface area contributed by atoms with Crippen LogP contribution in [0.4, 0.5) is 0 Å². The molecule has 224 valence electrons. The maximum absolute atomic E-state index is 5.00. The number of aromatic amines is 1. The molecule has 6 aromatic carbocycles. The first-order valence-electron chi connectivity index (χ1n) is 16.2. The van der Waals surface area contributed by atoms with Gasteiger partial charge in [-0.1, -0.05) is 91.0 Å². The smallest absolute Gasteiger partial charge is 0.287 e. The molecule has 2 aromatic heterocycles. The Morgan fingerprint density at radius 3 is 2.07 bits per heavy atom. The number of nitrogens with one attached hydrogen (secondary N) is 1. The van der Waals surface area contributed by atoms with Gasteiger partial charge in [-0.25, -0.2) is 14.5 Å². The van der Waals surface area contributed by atoms with Crippen LogP contribution in [0.2, 0.25) is 0 Å². The second kappa shape index (κ2) is 11.1. The van der Waals surface area contributed by atoms with E-state index in [1.165, 1.54) is 49.6 Å². The normalized spacial score (nSPS) is 11.9. The Morgan fingerprint density at radius 2 is 1.28 bits per heavy atom. The summed E-state index contributed by atoms with van der Waals surface area (Å²) in [6.45, 7) is 8.91. The first kappa shape index (κ1) is 28.0. The fourth-order valence-corrected chi connectivity index (χ4v) is 6.95. The van der Waals surface area contributed by atoms with Gasteiger partial charge in [0.15, 0.2) is 11.0 Å². The second-order valence-corrected chi connectivity index (χ2v) is 12.7. The molecule has 1 N–H and O–H groups in total. The van der Waals surface area contributed by atoms with Crippen molar-refractivity contribution in [2.75, 3.05) is 0 Å². The number of benzene rings is 6. The van der Waals surface area contributed by atoms with Gasteiger partial charge in [0.1, 0.15) is 5.82 Å². The van der Waals surface area contributed by atoms with Crippen LogP contribution in [-0.4, -0.2) is 14.5 Å². The van der Waals surface area contributed by atoms with Crippen LogP contribution in [0.1, 0.15) is 39.8 Å². The third-order valence-electron chi connectivity index (χ3n) is 9.11. The van der Waals surface area contributed by atoms with E-state index >= 15 is 0 Å². The summed E-state index contributed by atoms with van der Waals surface area (Å²) in [7, 11) is 0. The van der Waals surface area contributed by atoms with Gasteiger partial charge in [-0.05, 0) is 103 Å². The zero-order valence-corrected chi connectivity index (χ0v) is 26.7. The average molecular weight is 598 g/mol. The Bertz CT molecular complexity index is 2350. The molecular weight excluding hydrogens is 560 g/mol. The molecule has 0 aliphatic rings. The van der Waals surface area contributed by atoms with Crippen molar-refractivity contribution in [3.8, 4) is 45.0 Å². The Kier molecular flexibility index (Phi) is 6.79. The van der Waals surface area contributed by atoms with E-state index in [9.17, 15) is 0 Å². The third-order valence-corrected chi connectivity index (χ3v) is 9.11. The van der Waals surface area contributed by atoms with Gasteiger partial charge in [0.2, 0.25) is 0 Å². The van der Waals surface area contributed by atoms with E-state index in [1.807, 2.05) is 0 Å². The van der Waals surface area contributed by atoms with E-state index in [2.05, 4.69) is 175 Å². The molecule has 0 fully saturated rings. The highest BCUT2D eigenvalue weighted by Crippen LogP contribution is 2.35. The summed E-state index contributed by atoms with van der Waals surface area (Å²) >= 11 is 0. The molecule has 8 aromatic rings. The van der Waals surface area contributed by atoms with E-state index < -0.39 is 0 Å². The number of aromatic nitrogens is 4. The lowest BCUT2D eigenvalue weighted by atomic mass is 9.94. The minimum atomic E-state index is 0.315. The quantitative estimate of drug-likeness (QED) is 0.190. The summed E-state index contributed by atoms with van der Waals surface area (Å²) in [6, 6.07) is 48.8. The van der Waals surface area contributed by atoms with Crippen LogP contribution in [0.3, 0.4) is 0 Å². The van der Waals surface area contributed by atoms with Crippen molar-refractivity contribution in [3.63, 3.8) is 0 Å². The number of imidazole rings is 2. The van der Waals surface area contributed by atoms with E-state index in [0.717, 1.165) is 28.2 Å². The number of rotatable bonds is 6. The SMILES string of the molecule is CC(C)n1c(-c2ccc(-c3cccc4cc(-c5ccc(-c6[nH]c7ccccc7[n+]6C(C)C)cc5)ccc34)cc2)nc2ccccc21. The third kappa shape index (κ3) is 4.69. The fourth-order valence-electron chi connectivity index (χ4n) is 6.95. The number of fused-ring (bicyclic) bond motifs is 3. The maximum atomic E-state index is 5.00. The van der Waals surface area contributed by atoms with E-state index in [0.29, 0.717) is 12.1 Å². The lowest BCUT2D eigenvalue weighted by Gasteiger charge is -2.14. The van der Waals surface area contributed by atoms with Gasteiger partial charge in [-0.2, -0.15) is 0 Å². The van der Waals surface area contributed by atoms with Crippen LogP contribution in [0, 0.1) is 0 Å². The standard InChI is InChI=1S/C42H36N4/c1-27(2)45-39-14-7-5-12-37(39)43-41(45)31-20-16-29(17-21-31)33-24-25-36-34(26-33)10-9-11-35(36)30-18-22-32(23-19-30)42-44-38-13-6-8-15-40(38)46(42)28(3)4/h5-28H,1-4H3/p+1. The molecule has 0 radical (unpaired) electrons. The minimum Gasteiger partial charge on any atom is -0.321 e. The first-order chi connectivity index (χ1) is 22.5.